The van der Waals surface area contributed by atoms with E-state index in [1.807, 2.05) is 23.2 Å². The maximum atomic E-state index is 12.6. The van der Waals surface area contributed by atoms with Gasteiger partial charge in [0.25, 0.3) is 0 Å². The molecule has 4 heterocycles. The Morgan fingerprint density at radius 1 is 1.00 bits per heavy atom. The van der Waals surface area contributed by atoms with Gasteiger partial charge in [-0.3, -0.25) is 9.69 Å². The lowest BCUT2D eigenvalue weighted by Gasteiger charge is -2.42. The summed E-state index contributed by atoms with van der Waals surface area (Å²) in [7, 11) is 0. The van der Waals surface area contributed by atoms with Crippen molar-refractivity contribution in [2.24, 2.45) is 0 Å². The van der Waals surface area contributed by atoms with Crippen LogP contribution in [0.15, 0.2) is 42.6 Å². The number of morpholine rings is 2. The number of carbonyl (C=O) groups is 1. The fraction of sp³-hybridized carbons (Fsp3) is 0.577. The molecular formula is C26H35N5O3. The fourth-order valence-corrected chi connectivity index (χ4v) is 5.20. The van der Waals surface area contributed by atoms with Crippen molar-refractivity contribution >= 4 is 11.9 Å². The molecule has 0 unspecified atom stereocenters. The number of amides is 1. The highest BCUT2D eigenvalue weighted by Gasteiger charge is 2.40. The first-order chi connectivity index (χ1) is 16.7. The summed E-state index contributed by atoms with van der Waals surface area (Å²) < 4.78 is 11.7. The van der Waals surface area contributed by atoms with Gasteiger partial charge in [-0.2, -0.15) is 0 Å². The molecule has 1 aromatic heterocycles. The van der Waals surface area contributed by atoms with Crippen LogP contribution < -0.4 is 4.90 Å². The summed E-state index contributed by atoms with van der Waals surface area (Å²) >= 11 is 0. The third-order valence-electron chi connectivity index (χ3n) is 7.22. The smallest absolute Gasteiger partial charge is 0.248 e. The van der Waals surface area contributed by atoms with Crippen molar-refractivity contribution < 1.29 is 14.3 Å². The molecule has 3 saturated heterocycles. The van der Waals surface area contributed by atoms with Gasteiger partial charge in [-0.1, -0.05) is 30.3 Å². The number of anilines is 1. The maximum absolute atomic E-state index is 12.6. The molecule has 1 atom stereocenters. The molecule has 3 aliphatic rings. The summed E-state index contributed by atoms with van der Waals surface area (Å²) in [5.41, 5.74) is 2.09. The number of carbonyl (C=O) groups excluding carboxylic acids is 1. The molecule has 3 aliphatic heterocycles. The third-order valence-corrected chi connectivity index (χ3v) is 7.22. The molecule has 0 saturated carbocycles. The van der Waals surface area contributed by atoms with Crippen LogP contribution >= 0.6 is 0 Å². The van der Waals surface area contributed by atoms with Crippen LogP contribution in [-0.4, -0.2) is 90.4 Å². The number of benzene rings is 1. The summed E-state index contributed by atoms with van der Waals surface area (Å²) in [6, 6.07) is 12.4. The van der Waals surface area contributed by atoms with Crippen LogP contribution in [0.5, 0.6) is 0 Å². The lowest BCUT2D eigenvalue weighted by atomic mass is 9.92. The van der Waals surface area contributed by atoms with E-state index in [1.165, 1.54) is 5.56 Å². The van der Waals surface area contributed by atoms with Crippen LogP contribution in [0.25, 0.3) is 0 Å². The van der Waals surface area contributed by atoms with E-state index >= 15 is 0 Å². The van der Waals surface area contributed by atoms with Gasteiger partial charge in [-0.15, -0.1) is 0 Å². The van der Waals surface area contributed by atoms with Crippen molar-refractivity contribution in [3.8, 4) is 0 Å². The first kappa shape index (κ1) is 23.2. The average Bonchev–Trinajstić information content (AvgIpc) is 3.08. The molecule has 34 heavy (non-hydrogen) atoms. The van der Waals surface area contributed by atoms with Crippen LogP contribution in [0, 0.1) is 0 Å². The van der Waals surface area contributed by atoms with E-state index in [4.69, 9.17) is 14.5 Å². The quantitative estimate of drug-likeness (QED) is 0.647. The Hall–Kier alpha value is -2.55. The predicted molar refractivity (Wildman–Crippen MR) is 130 cm³/mol. The number of aromatic nitrogens is 2. The van der Waals surface area contributed by atoms with Gasteiger partial charge in [0.05, 0.1) is 24.5 Å². The van der Waals surface area contributed by atoms with Crippen molar-refractivity contribution in [3.05, 3.63) is 53.9 Å². The lowest BCUT2D eigenvalue weighted by Crippen LogP contribution is -2.55. The Morgan fingerprint density at radius 2 is 1.85 bits per heavy atom. The second kappa shape index (κ2) is 10.8. The minimum atomic E-state index is -0.232. The topological polar surface area (TPSA) is 71.0 Å². The van der Waals surface area contributed by atoms with Crippen LogP contribution in [0.4, 0.5) is 5.95 Å². The molecular weight excluding hydrogens is 430 g/mol. The second-order valence-corrected chi connectivity index (χ2v) is 9.60. The highest BCUT2D eigenvalue weighted by Crippen LogP contribution is 2.31. The first-order valence-corrected chi connectivity index (χ1v) is 12.5. The zero-order chi connectivity index (χ0) is 23.2. The maximum Gasteiger partial charge on any atom is 0.248 e. The van der Waals surface area contributed by atoms with E-state index in [-0.39, 0.29) is 18.1 Å². The Kier molecular flexibility index (Phi) is 7.37. The van der Waals surface area contributed by atoms with Gasteiger partial charge in [0.2, 0.25) is 11.9 Å². The summed E-state index contributed by atoms with van der Waals surface area (Å²) in [5, 5.41) is 0. The van der Waals surface area contributed by atoms with Crippen LogP contribution in [0.2, 0.25) is 0 Å². The Labute approximate surface area is 201 Å². The summed E-state index contributed by atoms with van der Waals surface area (Å²) in [4.78, 5) is 28.6. The molecule has 0 aliphatic carbocycles. The van der Waals surface area contributed by atoms with Crippen molar-refractivity contribution in [2.45, 2.75) is 37.8 Å². The van der Waals surface area contributed by atoms with Gasteiger partial charge in [0.1, 0.15) is 6.61 Å². The normalized spacial score (nSPS) is 24.4. The first-order valence-electron chi connectivity index (χ1n) is 12.5. The van der Waals surface area contributed by atoms with Gasteiger partial charge < -0.3 is 19.3 Å². The lowest BCUT2D eigenvalue weighted by molar-refractivity contribution is -0.165. The Balaban J connectivity index is 1.17. The van der Waals surface area contributed by atoms with Gasteiger partial charge in [-0.25, -0.2) is 9.97 Å². The van der Waals surface area contributed by atoms with Crippen molar-refractivity contribution in [2.75, 3.05) is 64.0 Å². The number of ether oxygens (including phenoxy) is 2. The zero-order valence-electron chi connectivity index (χ0n) is 19.9. The Morgan fingerprint density at radius 3 is 2.71 bits per heavy atom. The molecule has 1 amide bonds. The monoisotopic (exact) mass is 465 g/mol. The third kappa shape index (κ3) is 5.74. The van der Waals surface area contributed by atoms with Crippen molar-refractivity contribution in [1.82, 2.24) is 19.8 Å². The predicted octanol–water partition coefficient (Wildman–Crippen LogP) is 2.14. The summed E-state index contributed by atoms with van der Waals surface area (Å²) in [6.45, 7) is 7.55. The molecule has 0 bridgehead atoms. The molecule has 1 spiro atoms. The number of hydrogen-bond acceptors (Lipinski definition) is 7. The molecule has 5 rings (SSSR count). The largest absolute Gasteiger partial charge is 0.378 e. The Bertz CT molecular complexity index is 952. The van der Waals surface area contributed by atoms with E-state index in [0.717, 1.165) is 89.8 Å². The number of likely N-dealkylation sites (tertiary alicyclic amines) is 1. The van der Waals surface area contributed by atoms with Crippen LogP contribution in [0.1, 0.15) is 30.5 Å². The highest BCUT2D eigenvalue weighted by atomic mass is 16.5. The van der Waals surface area contributed by atoms with E-state index in [1.54, 1.807) is 0 Å². The SMILES string of the molecule is O=C1CO[C@@]2(CCCN(Cc3ccnc(N4CCOCC4)n3)CC2)CN1CCc1ccccc1. The molecule has 0 N–H and O–H groups in total. The number of rotatable bonds is 6. The van der Waals surface area contributed by atoms with E-state index in [2.05, 4.69) is 39.0 Å². The van der Waals surface area contributed by atoms with Gasteiger partial charge in [-0.05, 0) is 43.9 Å². The molecule has 1 aromatic carbocycles. The highest BCUT2D eigenvalue weighted by molar-refractivity contribution is 5.78. The van der Waals surface area contributed by atoms with Crippen molar-refractivity contribution in [3.63, 3.8) is 0 Å². The molecule has 3 fully saturated rings. The van der Waals surface area contributed by atoms with Gasteiger partial charge in [0.15, 0.2) is 0 Å². The number of hydrogen-bond donors (Lipinski definition) is 0. The van der Waals surface area contributed by atoms with E-state index in [0.29, 0.717) is 6.54 Å². The molecule has 182 valence electrons. The average molecular weight is 466 g/mol. The summed E-state index contributed by atoms with van der Waals surface area (Å²) in [5.74, 6) is 0.912. The summed E-state index contributed by atoms with van der Waals surface area (Å²) in [6.07, 6.45) is 5.73. The van der Waals surface area contributed by atoms with E-state index < -0.39 is 0 Å². The molecule has 8 heteroatoms. The zero-order valence-corrected chi connectivity index (χ0v) is 19.9. The molecule has 8 nitrogen and oxygen atoms in total. The molecule has 0 radical (unpaired) electrons. The number of nitrogens with zero attached hydrogens (tertiary/aromatic N) is 5. The fourth-order valence-electron chi connectivity index (χ4n) is 5.20. The van der Waals surface area contributed by atoms with E-state index in [9.17, 15) is 4.79 Å². The van der Waals surface area contributed by atoms with Gasteiger partial charge in [0, 0.05) is 45.5 Å². The van der Waals surface area contributed by atoms with Crippen LogP contribution in [0.3, 0.4) is 0 Å². The second-order valence-electron chi connectivity index (χ2n) is 9.60. The van der Waals surface area contributed by atoms with Crippen molar-refractivity contribution in [1.29, 1.82) is 0 Å². The van der Waals surface area contributed by atoms with Gasteiger partial charge >= 0.3 is 0 Å². The molecule has 2 aromatic rings. The van der Waals surface area contributed by atoms with Crippen LogP contribution in [-0.2, 0) is 27.2 Å². The minimum absolute atomic E-state index is 0.110. The minimum Gasteiger partial charge on any atom is -0.378 e. The standard InChI is InChI=1S/C26H35N5O3/c32-24-20-34-26(21-31(24)13-8-22-5-2-1-3-6-22)9-4-12-29(14-10-26)19-23-7-11-27-25(28-23)30-15-17-33-18-16-30/h1-3,5-7,11H,4,8-10,12-21H2/t26-/m1/s1.